The first kappa shape index (κ1) is 18.0. The third-order valence-corrected chi connectivity index (χ3v) is 6.74. The number of aromatic nitrogens is 1. The van der Waals surface area contributed by atoms with Gasteiger partial charge in [0.15, 0.2) is 0 Å². The van der Waals surface area contributed by atoms with Gasteiger partial charge in [0, 0.05) is 56.1 Å². The van der Waals surface area contributed by atoms with E-state index < -0.39 is 0 Å². The van der Waals surface area contributed by atoms with Gasteiger partial charge in [0.1, 0.15) is 5.75 Å². The van der Waals surface area contributed by atoms with Crippen molar-refractivity contribution in [1.29, 1.82) is 0 Å². The molecule has 5 heteroatoms. The fourth-order valence-corrected chi connectivity index (χ4v) is 5.32. The molecule has 2 atom stereocenters. The number of likely N-dealkylation sites (tertiary alicyclic amines) is 1. The quantitative estimate of drug-likeness (QED) is 0.821. The van der Waals surface area contributed by atoms with Crippen LogP contribution >= 0.6 is 0 Å². The van der Waals surface area contributed by atoms with Crippen molar-refractivity contribution >= 4 is 0 Å². The number of hydrogen-bond acceptors (Lipinski definition) is 4. The molecule has 0 saturated carbocycles. The molecule has 0 spiro atoms. The summed E-state index contributed by atoms with van der Waals surface area (Å²) < 4.78 is 12.8. The standard InChI is InChI=1S/C23H28N2O3/c1-27-20-4-2-17(3-5-20)21-6-7-22-18-12-16(14-25(22)23(21)26)13-24(15-18)19-8-10-28-11-9-19/h2-7,16,18-19H,8-15H2,1H3/t16-,18+/m0/s1. The Labute approximate surface area is 165 Å². The monoisotopic (exact) mass is 380 g/mol. The van der Waals surface area contributed by atoms with Crippen LogP contribution in [0.15, 0.2) is 41.2 Å². The molecule has 5 nitrogen and oxygen atoms in total. The summed E-state index contributed by atoms with van der Waals surface area (Å²) in [7, 11) is 1.66. The van der Waals surface area contributed by atoms with Gasteiger partial charge < -0.3 is 14.0 Å². The Morgan fingerprint density at radius 3 is 2.54 bits per heavy atom. The summed E-state index contributed by atoms with van der Waals surface area (Å²) in [4.78, 5) is 16.0. The van der Waals surface area contributed by atoms with Crippen LogP contribution in [0.25, 0.3) is 11.1 Å². The third kappa shape index (κ3) is 3.16. The highest BCUT2D eigenvalue weighted by atomic mass is 16.5. The molecule has 0 unspecified atom stereocenters. The van der Waals surface area contributed by atoms with E-state index in [4.69, 9.17) is 9.47 Å². The lowest BCUT2D eigenvalue weighted by atomic mass is 9.81. The SMILES string of the molecule is COc1ccc(-c2ccc3n(c2=O)C[C@H]2C[C@@H]3CN(C3CCOCC3)C2)cc1. The number of benzene rings is 1. The van der Waals surface area contributed by atoms with Gasteiger partial charge in [-0.2, -0.15) is 0 Å². The van der Waals surface area contributed by atoms with E-state index in [2.05, 4.69) is 15.5 Å². The summed E-state index contributed by atoms with van der Waals surface area (Å²) in [6.07, 6.45) is 3.49. The third-order valence-electron chi connectivity index (χ3n) is 6.74. The second kappa shape index (κ2) is 7.37. The van der Waals surface area contributed by atoms with Gasteiger partial charge in [-0.3, -0.25) is 9.69 Å². The molecule has 1 aromatic heterocycles. The molecular weight excluding hydrogens is 352 g/mol. The Bertz CT molecular complexity index is 899. The summed E-state index contributed by atoms with van der Waals surface area (Å²) in [5.74, 6) is 1.84. The smallest absolute Gasteiger partial charge is 0.258 e. The Morgan fingerprint density at radius 1 is 1.00 bits per heavy atom. The van der Waals surface area contributed by atoms with Crippen molar-refractivity contribution in [1.82, 2.24) is 9.47 Å². The van der Waals surface area contributed by atoms with E-state index in [0.717, 1.165) is 62.6 Å². The second-order valence-electron chi connectivity index (χ2n) is 8.41. The van der Waals surface area contributed by atoms with E-state index >= 15 is 0 Å². The van der Waals surface area contributed by atoms with E-state index in [-0.39, 0.29) is 5.56 Å². The lowest BCUT2D eigenvalue weighted by Crippen LogP contribution is -2.51. The molecule has 0 radical (unpaired) electrons. The number of methoxy groups -OCH3 is 1. The Morgan fingerprint density at radius 2 is 1.79 bits per heavy atom. The number of hydrogen-bond donors (Lipinski definition) is 0. The first-order valence-electron chi connectivity index (χ1n) is 10.4. The number of ether oxygens (including phenoxy) is 2. The number of piperidine rings is 1. The van der Waals surface area contributed by atoms with Gasteiger partial charge >= 0.3 is 0 Å². The van der Waals surface area contributed by atoms with Crippen LogP contribution < -0.4 is 10.3 Å². The fraction of sp³-hybridized carbons (Fsp3) is 0.522. The van der Waals surface area contributed by atoms with Gasteiger partial charge in [-0.15, -0.1) is 0 Å². The highest BCUT2D eigenvalue weighted by molar-refractivity contribution is 5.63. The molecular formula is C23H28N2O3. The molecule has 2 fully saturated rings. The van der Waals surface area contributed by atoms with Crippen LogP contribution in [0, 0.1) is 5.92 Å². The molecule has 0 aliphatic carbocycles. The lowest BCUT2D eigenvalue weighted by molar-refractivity contribution is 0.00589. The van der Waals surface area contributed by atoms with Gasteiger partial charge in [-0.25, -0.2) is 0 Å². The Kier molecular flexibility index (Phi) is 4.73. The lowest BCUT2D eigenvalue weighted by Gasteiger charge is -2.46. The van der Waals surface area contributed by atoms with E-state index in [1.807, 2.05) is 30.3 Å². The molecule has 1 aromatic carbocycles. The van der Waals surface area contributed by atoms with Crippen LogP contribution in [0.1, 0.15) is 30.9 Å². The zero-order valence-electron chi connectivity index (χ0n) is 16.5. The normalized spacial score (nSPS) is 25.3. The highest BCUT2D eigenvalue weighted by Gasteiger charge is 2.37. The molecule has 28 heavy (non-hydrogen) atoms. The average molecular weight is 380 g/mol. The van der Waals surface area contributed by atoms with Crippen molar-refractivity contribution in [2.45, 2.75) is 37.8 Å². The number of fused-ring (bicyclic) bond motifs is 4. The van der Waals surface area contributed by atoms with E-state index in [9.17, 15) is 4.79 Å². The zero-order chi connectivity index (χ0) is 19.1. The first-order chi connectivity index (χ1) is 13.7. The summed E-state index contributed by atoms with van der Waals surface area (Å²) >= 11 is 0. The molecule has 3 aliphatic heterocycles. The van der Waals surface area contributed by atoms with Gasteiger partial charge in [0.2, 0.25) is 0 Å². The van der Waals surface area contributed by atoms with E-state index in [1.165, 1.54) is 12.1 Å². The van der Waals surface area contributed by atoms with Crippen molar-refractivity contribution < 1.29 is 9.47 Å². The highest BCUT2D eigenvalue weighted by Crippen LogP contribution is 2.37. The summed E-state index contributed by atoms with van der Waals surface area (Å²) in [5, 5.41) is 0. The average Bonchev–Trinajstić information content (AvgIpc) is 2.75. The molecule has 0 amide bonds. The second-order valence-corrected chi connectivity index (χ2v) is 8.41. The van der Waals surface area contributed by atoms with Crippen LogP contribution in [0.4, 0.5) is 0 Å². The molecule has 148 valence electrons. The Hall–Kier alpha value is -2.11. The summed E-state index contributed by atoms with van der Waals surface area (Å²) in [6.45, 7) is 4.80. The van der Waals surface area contributed by atoms with Crippen LogP contribution in [-0.2, 0) is 11.3 Å². The maximum Gasteiger partial charge on any atom is 0.258 e. The molecule has 0 N–H and O–H groups in total. The van der Waals surface area contributed by atoms with Crippen molar-refractivity contribution in [3.63, 3.8) is 0 Å². The molecule has 5 rings (SSSR count). The van der Waals surface area contributed by atoms with Crippen LogP contribution in [0.2, 0.25) is 0 Å². The minimum atomic E-state index is 0.150. The number of nitrogens with zero attached hydrogens (tertiary/aromatic N) is 2. The van der Waals surface area contributed by atoms with E-state index in [0.29, 0.717) is 17.9 Å². The molecule has 4 heterocycles. The van der Waals surface area contributed by atoms with Crippen molar-refractivity contribution in [2.75, 3.05) is 33.4 Å². The Balaban J connectivity index is 1.44. The van der Waals surface area contributed by atoms with Gasteiger partial charge in [-0.1, -0.05) is 12.1 Å². The summed E-state index contributed by atoms with van der Waals surface area (Å²) in [5.41, 5.74) is 3.11. The first-order valence-corrected chi connectivity index (χ1v) is 10.4. The van der Waals surface area contributed by atoms with Gasteiger partial charge in [0.05, 0.1) is 7.11 Å². The van der Waals surface area contributed by atoms with E-state index in [1.54, 1.807) is 7.11 Å². The summed E-state index contributed by atoms with van der Waals surface area (Å²) in [6, 6.07) is 12.6. The van der Waals surface area contributed by atoms with Crippen LogP contribution in [-0.4, -0.2) is 48.9 Å². The van der Waals surface area contributed by atoms with Gasteiger partial charge in [-0.05, 0) is 55.0 Å². The predicted molar refractivity (Wildman–Crippen MR) is 109 cm³/mol. The zero-order valence-corrected chi connectivity index (χ0v) is 16.5. The van der Waals surface area contributed by atoms with Crippen LogP contribution in [0.5, 0.6) is 5.75 Å². The maximum atomic E-state index is 13.3. The predicted octanol–water partition coefficient (Wildman–Crippen LogP) is 3.12. The topological polar surface area (TPSA) is 43.7 Å². The van der Waals surface area contributed by atoms with Gasteiger partial charge in [0.25, 0.3) is 5.56 Å². The molecule has 2 aromatic rings. The van der Waals surface area contributed by atoms with Crippen LogP contribution in [0.3, 0.4) is 0 Å². The maximum absolute atomic E-state index is 13.3. The molecule has 2 saturated heterocycles. The van der Waals surface area contributed by atoms with Crippen molar-refractivity contribution in [2.24, 2.45) is 5.92 Å². The number of pyridine rings is 1. The van der Waals surface area contributed by atoms with Crippen molar-refractivity contribution in [3.8, 4) is 16.9 Å². The largest absolute Gasteiger partial charge is 0.497 e. The minimum Gasteiger partial charge on any atom is -0.497 e. The fourth-order valence-electron chi connectivity index (χ4n) is 5.32. The molecule has 3 aliphatic rings. The minimum absolute atomic E-state index is 0.150. The molecule has 2 bridgehead atoms. The number of rotatable bonds is 3. The van der Waals surface area contributed by atoms with Crippen molar-refractivity contribution in [3.05, 3.63) is 52.4 Å².